The van der Waals surface area contributed by atoms with E-state index < -0.39 is 0 Å². The third-order valence-corrected chi connectivity index (χ3v) is 3.19. The summed E-state index contributed by atoms with van der Waals surface area (Å²) >= 11 is 0. The number of carbonyl (C=O) groups is 1. The van der Waals surface area contributed by atoms with Crippen molar-refractivity contribution in [3.63, 3.8) is 0 Å². The topological polar surface area (TPSA) is 44.4 Å². The molecule has 1 fully saturated rings. The maximum Gasteiger partial charge on any atom is 0.244 e. The smallest absolute Gasteiger partial charge is 0.244 e. The lowest BCUT2D eigenvalue weighted by Gasteiger charge is -2.41. The second kappa shape index (κ2) is 5.35. The number of carbonyl (C=O) groups excluding carboxylic acids is 1. The normalized spacial score (nSPS) is 23.9. The van der Waals surface area contributed by atoms with Crippen LogP contribution in [0, 0.1) is 5.82 Å². The van der Waals surface area contributed by atoms with Gasteiger partial charge in [-0.3, -0.25) is 4.79 Å². The Morgan fingerprint density at radius 3 is 3.00 bits per heavy atom. The Bertz CT molecular complexity index is 438. The summed E-state index contributed by atoms with van der Waals surface area (Å²) in [7, 11) is 1.80. The van der Waals surface area contributed by atoms with Gasteiger partial charge in [-0.1, -0.05) is 6.07 Å². The van der Waals surface area contributed by atoms with E-state index in [1.54, 1.807) is 13.1 Å². The first-order valence-electron chi connectivity index (χ1n) is 6.09. The molecule has 0 saturated carbocycles. The fraction of sp³-hybridized carbons (Fsp3) is 0.462. The second-order valence-corrected chi connectivity index (χ2v) is 4.55. The highest BCUT2D eigenvalue weighted by Crippen LogP contribution is 2.23. The molecule has 0 aliphatic carbocycles. The molecule has 2 rings (SSSR count). The Morgan fingerprint density at radius 2 is 2.33 bits per heavy atom. The van der Waals surface area contributed by atoms with Crippen molar-refractivity contribution in [2.24, 2.45) is 0 Å². The number of halogens is 1. The highest BCUT2D eigenvalue weighted by atomic mass is 19.1. The van der Waals surface area contributed by atoms with E-state index in [0.717, 1.165) is 5.69 Å². The quantitative estimate of drug-likeness (QED) is 0.833. The fourth-order valence-corrected chi connectivity index (χ4v) is 2.35. The molecule has 4 nitrogen and oxygen atoms in total. The van der Waals surface area contributed by atoms with Gasteiger partial charge in [0.2, 0.25) is 5.91 Å². The molecule has 0 aromatic heterocycles. The lowest BCUT2D eigenvalue weighted by Crippen LogP contribution is -2.62. The Morgan fingerprint density at radius 1 is 1.56 bits per heavy atom. The summed E-state index contributed by atoms with van der Waals surface area (Å²) in [6, 6.07) is 6.22. The Kier molecular flexibility index (Phi) is 3.81. The SMILES string of the molecule is CNCC1C(=O)NCC(C)N1c1cccc(F)c1. The summed E-state index contributed by atoms with van der Waals surface area (Å²) < 4.78 is 13.3. The van der Waals surface area contributed by atoms with Crippen LogP contribution in [0.3, 0.4) is 0 Å². The summed E-state index contributed by atoms with van der Waals surface area (Å²) in [5.41, 5.74) is 0.748. The maximum absolute atomic E-state index is 13.3. The van der Waals surface area contributed by atoms with E-state index in [-0.39, 0.29) is 23.8 Å². The Hall–Kier alpha value is -1.62. The first kappa shape index (κ1) is 12.8. The average molecular weight is 251 g/mol. The first-order chi connectivity index (χ1) is 8.63. The molecule has 0 bridgehead atoms. The molecule has 1 aliphatic rings. The van der Waals surface area contributed by atoms with Crippen LogP contribution in [0.25, 0.3) is 0 Å². The summed E-state index contributed by atoms with van der Waals surface area (Å²) in [4.78, 5) is 13.9. The standard InChI is InChI=1S/C13H18FN3O/c1-9-7-16-13(18)12(8-15-2)17(9)11-5-3-4-10(14)6-11/h3-6,9,12,15H,7-8H2,1-2H3,(H,16,18). The molecule has 1 heterocycles. The molecule has 2 N–H and O–H groups in total. The predicted molar refractivity (Wildman–Crippen MR) is 69.1 cm³/mol. The molecule has 2 atom stereocenters. The van der Waals surface area contributed by atoms with Gasteiger partial charge in [-0.2, -0.15) is 0 Å². The summed E-state index contributed by atoms with van der Waals surface area (Å²) in [6.07, 6.45) is 0. The van der Waals surface area contributed by atoms with Crippen molar-refractivity contribution in [2.75, 3.05) is 25.0 Å². The Labute approximate surface area is 106 Å². The van der Waals surface area contributed by atoms with Crippen molar-refractivity contribution in [1.29, 1.82) is 0 Å². The molecular weight excluding hydrogens is 233 g/mol. The van der Waals surface area contributed by atoms with Crippen LogP contribution in [0.15, 0.2) is 24.3 Å². The zero-order valence-corrected chi connectivity index (χ0v) is 10.6. The van der Waals surface area contributed by atoms with Gasteiger partial charge in [-0.25, -0.2) is 4.39 Å². The first-order valence-corrected chi connectivity index (χ1v) is 6.09. The van der Waals surface area contributed by atoms with Gasteiger partial charge in [0.15, 0.2) is 0 Å². The predicted octanol–water partition coefficient (Wildman–Crippen LogP) is 0.738. The van der Waals surface area contributed by atoms with Crippen molar-refractivity contribution in [1.82, 2.24) is 10.6 Å². The molecule has 1 saturated heterocycles. The maximum atomic E-state index is 13.3. The third-order valence-electron chi connectivity index (χ3n) is 3.19. The van der Waals surface area contributed by atoms with Crippen molar-refractivity contribution < 1.29 is 9.18 Å². The highest BCUT2D eigenvalue weighted by molar-refractivity contribution is 5.87. The number of nitrogens with one attached hydrogen (secondary N) is 2. The molecule has 18 heavy (non-hydrogen) atoms. The van der Waals surface area contributed by atoms with Crippen LogP contribution in [-0.2, 0) is 4.79 Å². The van der Waals surface area contributed by atoms with Crippen molar-refractivity contribution in [3.8, 4) is 0 Å². The zero-order chi connectivity index (χ0) is 13.1. The van der Waals surface area contributed by atoms with Crippen LogP contribution in [0.5, 0.6) is 0 Å². The summed E-state index contributed by atoms with van der Waals surface area (Å²) in [5.74, 6) is -0.305. The average Bonchev–Trinajstić information content (AvgIpc) is 2.34. The lowest BCUT2D eigenvalue weighted by atomic mass is 10.1. The number of piperazine rings is 1. The summed E-state index contributed by atoms with van der Waals surface area (Å²) in [6.45, 7) is 3.13. The molecule has 1 aromatic carbocycles. The van der Waals surface area contributed by atoms with Crippen LogP contribution in [-0.4, -0.2) is 38.1 Å². The Balaban J connectivity index is 2.33. The van der Waals surface area contributed by atoms with Crippen molar-refractivity contribution in [3.05, 3.63) is 30.1 Å². The van der Waals surface area contributed by atoms with Crippen LogP contribution >= 0.6 is 0 Å². The molecule has 0 radical (unpaired) electrons. The van der Waals surface area contributed by atoms with Gasteiger partial charge in [0.1, 0.15) is 11.9 Å². The van der Waals surface area contributed by atoms with E-state index >= 15 is 0 Å². The van der Waals surface area contributed by atoms with E-state index in [1.165, 1.54) is 12.1 Å². The van der Waals surface area contributed by atoms with Crippen LogP contribution in [0.4, 0.5) is 10.1 Å². The largest absolute Gasteiger partial charge is 0.354 e. The third kappa shape index (κ3) is 2.46. The second-order valence-electron chi connectivity index (χ2n) is 4.55. The van der Waals surface area contributed by atoms with Crippen LogP contribution < -0.4 is 15.5 Å². The van der Waals surface area contributed by atoms with Crippen molar-refractivity contribution >= 4 is 11.6 Å². The molecular formula is C13H18FN3O. The van der Waals surface area contributed by atoms with Crippen LogP contribution in [0.2, 0.25) is 0 Å². The van der Waals surface area contributed by atoms with Crippen molar-refractivity contribution in [2.45, 2.75) is 19.0 Å². The number of anilines is 1. The number of likely N-dealkylation sites (N-methyl/N-ethyl adjacent to an activating group) is 1. The molecule has 98 valence electrons. The molecule has 0 spiro atoms. The molecule has 1 aliphatic heterocycles. The van der Waals surface area contributed by atoms with Gasteiger partial charge in [-0.15, -0.1) is 0 Å². The van der Waals surface area contributed by atoms with E-state index in [1.807, 2.05) is 17.9 Å². The number of hydrogen-bond donors (Lipinski definition) is 2. The summed E-state index contributed by atoms with van der Waals surface area (Å²) in [5, 5.41) is 5.87. The zero-order valence-electron chi connectivity index (χ0n) is 10.6. The van der Waals surface area contributed by atoms with Gasteiger partial charge in [0.05, 0.1) is 0 Å². The van der Waals surface area contributed by atoms with E-state index in [4.69, 9.17) is 0 Å². The number of hydrogen-bond acceptors (Lipinski definition) is 3. The molecule has 2 unspecified atom stereocenters. The minimum absolute atomic E-state index is 0.0216. The molecule has 1 aromatic rings. The minimum atomic E-state index is -0.305. The van der Waals surface area contributed by atoms with Gasteiger partial charge < -0.3 is 15.5 Å². The number of rotatable bonds is 3. The minimum Gasteiger partial charge on any atom is -0.354 e. The molecule has 1 amide bonds. The number of benzene rings is 1. The molecule has 5 heteroatoms. The van der Waals surface area contributed by atoms with Gasteiger partial charge in [0, 0.05) is 24.8 Å². The van der Waals surface area contributed by atoms with Crippen LogP contribution in [0.1, 0.15) is 6.92 Å². The van der Waals surface area contributed by atoms with Gasteiger partial charge in [-0.05, 0) is 32.2 Å². The number of amides is 1. The number of nitrogens with zero attached hydrogens (tertiary/aromatic N) is 1. The monoisotopic (exact) mass is 251 g/mol. The highest BCUT2D eigenvalue weighted by Gasteiger charge is 2.33. The fourth-order valence-electron chi connectivity index (χ4n) is 2.35. The lowest BCUT2D eigenvalue weighted by molar-refractivity contribution is -0.123. The van der Waals surface area contributed by atoms with E-state index in [9.17, 15) is 9.18 Å². The van der Waals surface area contributed by atoms with Gasteiger partial charge >= 0.3 is 0 Å². The van der Waals surface area contributed by atoms with E-state index in [2.05, 4.69) is 10.6 Å². The van der Waals surface area contributed by atoms with Gasteiger partial charge in [0.25, 0.3) is 0 Å². The van der Waals surface area contributed by atoms with E-state index in [0.29, 0.717) is 13.1 Å².